The van der Waals surface area contributed by atoms with Crippen LogP contribution in [0.4, 0.5) is 0 Å². The first-order chi connectivity index (χ1) is 7.18. The zero-order valence-corrected chi connectivity index (χ0v) is 8.68. The van der Waals surface area contributed by atoms with E-state index >= 15 is 0 Å². The van der Waals surface area contributed by atoms with Crippen LogP contribution in [-0.2, 0) is 4.74 Å². The molecule has 2 aromatic rings. The molecule has 0 saturated carbocycles. The summed E-state index contributed by atoms with van der Waals surface area (Å²) in [6.07, 6.45) is 3.19. The van der Waals surface area contributed by atoms with E-state index in [9.17, 15) is 4.79 Å². The molecule has 4 heteroatoms. The fourth-order valence-corrected chi connectivity index (χ4v) is 1.39. The van der Waals surface area contributed by atoms with E-state index < -0.39 is 0 Å². The molecular weight excluding hydrogens is 192 g/mol. The van der Waals surface area contributed by atoms with Gasteiger partial charge >= 0.3 is 5.97 Å². The average molecular weight is 204 g/mol. The zero-order chi connectivity index (χ0) is 10.8. The van der Waals surface area contributed by atoms with Crippen LogP contribution in [-0.4, -0.2) is 21.5 Å². The van der Waals surface area contributed by atoms with Gasteiger partial charge in [0.25, 0.3) is 0 Å². The van der Waals surface area contributed by atoms with Crippen molar-refractivity contribution in [3.63, 3.8) is 0 Å². The highest BCUT2D eigenvalue weighted by molar-refractivity contribution is 5.88. The van der Waals surface area contributed by atoms with Crippen LogP contribution in [0.1, 0.15) is 24.3 Å². The third-order valence-electron chi connectivity index (χ3n) is 2.00. The summed E-state index contributed by atoms with van der Waals surface area (Å²) in [6.45, 7) is 3.65. The highest BCUT2D eigenvalue weighted by Crippen LogP contribution is 2.09. The Labute approximate surface area is 87.5 Å². The molecule has 0 atom stereocenters. The number of carbonyl (C=O) groups is 1. The molecule has 4 nitrogen and oxygen atoms in total. The number of hydrogen-bond donors (Lipinski definition) is 0. The van der Waals surface area contributed by atoms with Gasteiger partial charge in [0, 0.05) is 0 Å². The van der Waals surface area contributed by atoms with Crippen molar-refractivity contribution in [2.24, 2.45) is 0 Å². The number of rotatable bonds is 2. The molecule has 0 aliphatic rings. The largest absolute Gasteiger partial charge is 0.458 e. The highest BCUT2D eigenvalue weighted by Gasteiger charge is 2.12. The predicted molar refractivity (Wildman–Crippen MR) is 55.7 cm³/mol. The van der Waals surface area contributed by atoms with Gasteiger partial charge in [-0.1, -0.05) is 6.07 Å². The third-order valence-corrected chi connectivity index (χ3v) is 2.00. The Hall–Kier alpha value is -1.84. The summed E-state index contributed by atoms with van der Waals surface area (Å²) in [6, 6.07) is 5.42. The molecule has 78 valence electrons. The summed E-state index contributed by atoms with van der Waals surface area (Å²) in [5.74, 6) is -0.325. The molecule has 0 N–H and O–H groups in total. The van der Waals surface area contributed by atoms with Gasteiger partial charge in [-0.25, -0.2) is 9.78 Å². The van der Waals surface area contributed by atoms with E-state index in [1.54, 1.807) is 23.0 Å². The van der Waals surface area contributed by atoms with Gasteiger partial charge in [-0.2, -0.15) is 0 Å². The second-order valence-corrected chi connectivity index (χ2v) is 3.55. The molecule has 0 radical (unpaired) electrons. The Morgan fingerprint density at radius 2 is 2.27 bits per heavy atom. The van der Waals surface area contributed by atoms with E-state index in [0.29, 0.717) is 5.69 Å². The Morgan fingerprint density at radius 3 is 3.00 bits per heavy atom. The van der Waals surface area contributed by atoms with Crippen LogP contribution in [0.25, 0.3) is 5.52 Å². The molecule has 0 amide bonds. The number of fused-ring (bicyclic) bond motifs is 1. The molecule has 15 heavy (non-hydrogen) atoms. The number of pyridine rings is 1. The summed E-state index contributed by atoms with van der Waals surface area (Å²) in [7, 11) is 0. The molecule has 0 aliphatic heterocycles. The van der Waals surface area contributed by atoms with E-state index in [2.05, 4.69) is 4.98 Å². The molecule has 0 spiro atoms. The van der Waals surface area contributed by atoms with E-state index in [0.717, 1.165) is 5.52 Å². The Kier molecular flexibility index (Phi) is 2.41. The second kappa shape index (κ2) is 3.73. The van der Waals surface area contributed by atoms with Crippen molar-refractivity contribution >= 4 is 11.5 Å². The topological polar surface area (TPSA) is 43.6 Å². The van der Waals surface area contributed by atoms with E-state index in [-0.39, 0.29) is 12.1 Å². The molecule has 2 aromatic heterocycles. The van der Waals surface area contributed by atoms with Crippen LogP contribution >= 0.6 is 0 Å². The van der Waals surface area contributed by atoms with Crippen molar-refractivity contribution in [2.75, 3.05) is 0 Å². The minimum absolute atomic E-state index is 0.115. The van der Waals surface area contributed by atoms with Gasteiger partial charge in [0.2, 0.25) is 0 Å². The average Bonchev–Trinajstić information content (AvgIpc) is 2.63. The second-order valence-electron chi connectivity index (χ2n) is 3.55. The lowest BCUT2D eigenvalue weighted by atomic mass is 10.3. The van der Waals surface area contributed by atoms with Crippen LogP contribution < -0.4 is 0 Å². The smallest absolute Gasteiger partial charge is 0.355 e. The standard InChI is InChI=1S/C11H12N2O2/c1-8(2)15-11(14)10-5-3-4-9-6-12-7-13(9)10/h3-8H,1-2H3. The molecule has 0 bridgehead atoms. The lowest BCUT2D eigenvalue weighted by molar-refractivity contribution is 0.0369. The Bertz CT molecular complexity index is 488. The summed E-state index contributed by atoms with van der Waals surface area (Å²) in [5.41, 5.74) is 1.38. The van der Waals surface area contributed by atoms with Crippen molar-refractivity contribution in [1.29, 1.82) is 0 Å². The van der Waals surface area contributed by atoms with Gasteiger partial charge in [0.15, 0.2) is 0 Å². The van der Waals surface area contributed by atoms with Gasteiger partial charge in [0.1, 0.15) is 5.69 Å². The van der Waals surface area contributed by atoms with Gasteiger partial charge < -0.3 is 4.74 Å². The Morgan fingerprint density at radius 1 is 1.47 bits per heavy atom. The molecule has 0 aromatic carbocycles. The molecular formula is C11H12N2O2. The first-order valence-electron chi connectivity index (χ1n) is 4.80. The number of carbonyl (C=O) groups excluding carboxylic acids is 1. The van der Waals surface area contributed by atoms with Gasteiger partial charge in [-0.05, 0) is 26.0 Å². The van der Waals surface area contributed by atoms with E-state index in [1.807, 2.05) is 26.0 Å². The summed E-state index contributed by atoms with van der Waals surface area (Å²) >= 11 is 0. The maximum Gasteiger partial charge on any atom is 0.355 e. The Balaban J connectivity index is 2.42. The number of aromatic nitrogens is 2. The number of hydrogen-bond acceptors (Lipinski definition) is 3. The van der Waals surface area contributed by atoms with Crippen LogP contribution in [0, 0.1) is 0 Å². The van der Waals surface area contributed by atoms with Gasteiger partial charge in [0.05, 0.1) is 24.1 Å². The summed E-state index contributed by atoms with van der Waals surface area (Å²) < 4.78 is 6.84. The third kappa shape index (κ3) is 1.83. The van der Waals surface area contributed by atoms with Crippen molar-refractivity contribution in [2.45, 2.75) is 20.0 Å². The quantitative estimate of drug-likeness (QED) is 0.702. The maximum absolute atomic E-state index is 11.7. The summed E-state index contributed by atoms with van der Waals surface area (Å²) in [4.78, 5) is 15.7. The van der Waals surface area contributed by atoms with Crippen LogP contribution in [0.15, 0.2) is 30.7 Å². The van der Waals surface area contributed by atoms with Gasteiger partial charge in [-0.15, -0.1) is 0 Å². The SMILES string of the molecule is CC(C)OC(=O)c1cccc2cncn12. The molecule has 2 rings (SSSR count). The fourth-order valence-electron chi connectivity index (χ4n) is 1.39. The number of nitrogens with zero attached hydrogens (tertiary/aromatic N) is 2. The first-order valence-corrected chi connectivity index (χ1v) is 4.80. The van der Waals surface area contributed by atoms with Crippen molar-refractivity contribution < 1.29 is 9.53 Å². The first kappa shape index (κ1) is 9.71. The van der Waals surface area contributed by atoms with Crippen LogP contribution in [0.2, 0.25) is 0 Å². The highest BCUT2D eigenvalue weighted by atomic mass is 16.5. The predicted octanol–water partition coefficient (Wildman–Crippen LogP) is 1.90. The van der Waals surface area contributed by atoms with Crippen molar-refractivity contribution in [3.05, 3.63) is 36.4 Å². The van der Waals surface area contributed by atoms with E-state index in [4.69, 9.17) is 4.74 Å². The number of imidazole rings is 1. The molecule has 0 saturated heterocycles. The van der Waals surface area contributed by atoms with Crippen LogP contribution in [0.3, 0.4) is 0 Å². The molecule has 0 unspecified atom stereocenters. The minimum Gasteiger partial charge on any atom is -0.458 e. The molecule has 2 heterocycles. The molecule has 0 aliphatic carbocycles. The minimum atomic E-state index is -0.325. The van der Waals surface area contributed by atoms with E-state index in [1.165, 1.54) is 0 Å². The number of ether oxygens (including phenoxy) is 1. The fraction of sp³-hybridized carbons (Fsp3) is 0.273. The molecule has 0 fully saturated rings. The van der Waals surface area contributed by atoms with Crippen LogP contribution in [0.5, 0.6) is 0 Å². The van der Waals surface area contributed by atoms with Crippen molar-refractivity contribution in [3.8, 4) is 0 Å². The summed E-state index contributed by atoms with van der Waals surface area (Å²) in [5, 5.41) is 0. The lowest BCUT2D eigenvalue weighted by Crippen LogP contribution is -2.14. The van der Waals surface area contributed by atoms with Gasteiger partial charge in [-0.3, -0.25) is 4.40 Å². The monoisotopic (exact) mass is 204 g/mol. The normalized spacial score (nSPS) is 10.9. The lowest BCUT2D eigenvalue weighted by Gasteiger charge is -2.08. The maximum atomic E-state index is 11.7. The zero-order valence-electron chi connectivity index (χ0n) is 8.68. The van der Waals surface area contributed by atoms with Crippen molar-refractivity contribution in [1.82, 2.24) is 9.38 Å². The number of esters is 1.